The third-order valence-corrected chi connectivity index (χ3v) is 6.52. The van der Waals surface area contributed by atoms with Crippen LogP contribution in [-0.4, -0.2) is 41.4 Å². The van der Waals surface area contributed by atoms with Gasteiger partial charge in [0.25, 0.3) is 0 Å². The van der Waals surface area contributed by atoms with Crippen molar-refractivity contribution in [1.29, 1.82) is 0 Å². The van der Waals surface area contributed by atoms with Crippen molar-refractivity contribution in [3.63, 3.8) is 0 Å². The molecule has 2 aromatic heterocycles. The van der Waals surface area contributed by atoms with E-state index in [4.69, 9.17) is 16.6 Å². The van der Waals surface area contributed by atoms with Crippen LogP contribution in [0.3, 0.4) is 0 Å². The molecule has 1 aromatic carbocycles. The molecule has 1 unspecified atom stereocenters. The zero-order chi connectivity index (χ0) is 22.9. The fourth-order valence-corrected chi connectivity index (χ4v) is 4.17. The van der Waals surface area contributed by atoms with Gasteiger partial charge in [-0.05, 0) is 51.8 Å². The number of benzene rings is 1. The van der Waals surface area contributed by atoms with Crippen molar-refractivity contribution in [2.45, 2.75) is 77.1 Å². The van der Waals surface area contributed by atoms with E-state index in [1.165, 1.54) is 19.3 Å². The zero-order valence-corrected chi connectivity index (χ0v) is 19.5. The molecule has 2 heterocycles. The summed E-state index contributed by atoms with van der Waals surface area (Å²) in [4.78, 5) is 14.0. The molecular weight excluding hydrogens is 428 g/mol. The van der Waals surface area contributed by atoms with E-state index in [0.717, 1.165) is 18.5 Å². The van der Waals surface area contributed by atoms with E-state index in [9.17, 15) is 10.2 Å². The van der Waals surface area contributed by atoms with Crippen LogP contribution < -0.4 is 10.6 Å². The molecule has 0 amide bonds. The van der Waals surface area contributed by atoms with E-state index in [2.05, 4.69) is 25.2 Å². The lowest BCUT2D eigenvalue weighted by molar-refractivity contribution is 0.0646. The van der Waals surface area contributed by atoms with E-state index in [0.29, 0.717) is 40.5 Å². The molecule has 0 aliphatic heterocycles. The molecular formula is C23H31ClN6O2. The summed E-state index contributed by atoms with van der Waals surface area (Å²) >= 11 is 6.09. The molecule has 9 heteroatoms. The number of halogens is 1. The van der Waals surface area contributed by atoms with Crippen LogP contribution in [0.4, 0.5) is 11.8 Å². The highest BCUT2D eigenvalue weighted by Gasteiger charge is 2.25. The van der Waals surface area contributed by atoms with Crippen LogP contribution in [0.5, 0.6) is 5.75 Å². The summed E-state index contributed by atoms with van der Waals surface area (Å²) in [5, 5.41) is 27.6. The Balaban J connectivity index is 1.70. The number of aliphatic hydroxyl groups is 1. The first-order chi connectivity index (χ1) is 15.2. The number of nitrogens with zero attached hydrogens (tertiary/aromatic N) is 4. The lowest BCUT2D eigenvalue weighted by atomic mass is 9.95. The van der Waals surface area contributed by atoms with Gasteiger partial charge in [0.2, 0.25) is 5.95 Å². The predicted molar refractivity (Wildman–Crippen MR) is 127 cm³/mol. The van der Waals surface area contributed by atoms with Gasteiger partial charge in [-0.1, -0.05) is 30.9 Å². The van der Waals surface area contributed by atoms with E-state index in [-0.39, 0.29) is 11.8 Å². The summed E-state index contributed by atoms with van der Waals surface area (Å²) in [5.41, 5.74) is 1.16. The average molecular weight is 459 g/mol. The standard InChI is InChI=1S/C23H31ClN6O2/c1-14(23(2,3)32)27-22-28-20(25-12-15-11-16(24)9-10-18(15)31)19-21(29-22)30(13-26-19)17-7-5-4-6-8-17/h9-11,13-14,17,31-32H,4-8,12H2,1-3H3,(H2,25,27,28,29). The van der Waals surface area contributed by atoms with Crippen molar-refractivity contribution < 1.29 is 10.2 Å². The Bertz CT molecular complexity index is 1090. The average Bonchev–Trinajstić information content (AvgIpc) is 3.18. The molecule has 8 nitrogen and oxygen atoms in total. The minimum absolute atomic E-state index is 0.161. The van der Waals surface area contributed by atoms with Gasteiger partial charge in [-0.25, -0.2) is 4.98 Å². The van der Waals surface area contributed by atoms with Gasteiger partial charge in [0.05, 0.1) is 18.0 Å². The molecule has 0 radical (unpaired) electrons. The number of anilines is 2. The number of nitrogens with one attached hydrogen (secondary N) is 2. The lowest BCUT2D eigenvalue weighted by Crippen LogP contribution is -2.39. The van der Waals surface area contributed by atoms with Gasteiger partial charge in [-0.2, -0.15) is 9.97 Å². The first kappa shape index (κ1) is 22.6. The van der Waals surface area contributed by atoms with Crippen molar-refractivity contribution in [3.05, 3.63) is 35.1 Å². The molecule has 1 aliphatic carbocycles. The minimum Gasteiger partial charge on any atom is -0.508 e. The Morgan fingerprint density at radius 2 is 1.97 bits per heavy atom. The summed E-state index contributed by atoms with van der Waals surface area (Å²) in [6.45, 7) is 5.71. The molecule has 0 spiro atoms. The van der Waals surface area contributed by atoms with Crippen molar-refractivity contribution in [2.24, 2.45) is 0 Å². The number of hydrogen-bond donors (Lipinski definition) is 4. The monoisotopic (exact) mass is 458 g/mol. The Morgan fingerprint density at radius 1 is 1.22 bits per heavy atom. The van der Waals surface area contributed by atoms with Crippen LogP contribution in [0.25, 0.3) is 11.2 Å². The molecule has 172 valence electrons. The Hall–Kier alpha value is -2.58. The van der Waals surface area contributed by atoms with E-state index in [1.807, 2.05) is 13.3 Å². The molecule has 3 aromatic rings. The lowest BCUT2D eigenvalue weighted by Gasteiger charge is -2.27. The molecule has 4 N–H and O–H groups in total. The van der Waals surface area contributed by atoms with Gasteiger partial charge >= 0.3 is 0 Å². The van der Waals surface area contributed by atoms with Crippen molar-refractivity contribution in [3.8, 4) is 5.75 Å². The topological polar surface area (TPSA) is 108 Å². The number of rotatable bonds is 7. The second-order valence-electron chi connectivity index (χ2n) is 9.16. The first-order valence-electron chi connectivity index (χ1n) is 11.2. The fraction of sp³-hybridized carbons (Fsp3) is 0.522. The summed E-state index contributed by atoms with van der Waals surface area (Å²) in [6, 6.07) is 5.04. The second-order valence-corrected chi connectivity index (χ2v) is 9.59. The maximum absolute atomic E-state index is 10.4. The number of phenols is 1. The summed E-state index contributed by atoms with van der Waals surface area (Å²) < 4.78 is 2.15. The Labute approximate surface area is 193 Å². The van der Waals surface area contributed by atoms with Gasteiger partial charge in [0, 0.05) is 23.2 Å². The number of aromatic nitrogens is 4. The fourth-order valence-electron chi connectivity index (χ4n) is 3.98. The molecule has 32 heavy (non-hydrogen) atoms. The Kier molecular flexibility index (Phi) is 6.44. The molecule has 1 saturated carbocycles. The van der Waals surface area contributed by atoms with Gasteiger partial charge < -0.3 is 25.4 Å². The number of aromatic hydroxyl groups is 1. The molecule has 1 fully saturated rings. The largest absolute Gasteiger partial charge is 0.508 e. The van der Waals surface area contributed by atoms with Gasteiger partial charge in [-0.3, -0.25) is 0 Å². The van der Waals surface area contributed by atoms with Gasteiger partial charge in [0.15, 0.2) is 17.0 Å². The smallest absolute Gasteiger partial charge is 0.227 e. The minimum atomic E-state index is -0.942. The highest BCUT2D eigenvalue weighted by atomic mass is 35.5. The molecule has 1 atom stereocenters. The summed E-state index contributed by atoms with van der Waals surface area (Å²) in [5.74, 6) is 1.14. The first-order valence-corrected chi connectivity index (χ1v) is 11.5. The van der Waals surface area contributed by atoms with Gasteiger partial charge in [-0.15, -0.1) is 0 Å². The van der Waals surface area contributed by atoms with Crippen molar-refractivity contribution in [2.75, 3.05) is 10.6 Å². The maximum Gasteiger partial charge on any atom is 0.227 e. The summed E-state index contributed by atoms with van der Waals surface area (Å²) in [6.07, 6.45) is 7.74. The highest BCUT2D eigenvalue weighted by molar-refractivity contribution is 6.30. The maximum atomic E-state index is 10.4. The van der Waals surface area contributed by atoms with Crippen molar-refractivity contribution in [1.82, 2.24) is 19.5 Å². The number of hydrogen-bond acceptors (Lipinski definition) is 7. The summed E-state index contributed by atoms with van der Waals surface area (Å²) in [7, 11) is 0. The SMILES string of the molecule is CC(Nc1nc(NCc2cc(Cl)ccc2O)c2ncn(C3CCCCC3)c2n1)C(C)(C)O. The van der Waals surface area contributed by atoms with Crippen LogP contribution in [0, 0.1) is 0 Å². The van der Waals surface area contributed by atoms with Crippen LogP contribution in [0.2, 0.25) is 5.02 Å². The van der Waals surface area contributed by atoms with Crippen LogP contribution >= 0.6 is 11.6 Å². The van der Waals surface area contributed by atoms with Crippen LogP contribution in [0.15, 0.2) is 24.5 Å². The number of imidazole rings is 1. The molecule has 4 rings (SSSR count). The number of phenolic OH excluding ortho intramolecular Hbond substituents is 1. The Morgan fingerprint density at radius 3 is 2.69 bits per heavy atom. The van der Waals surface area contributed by atoms with E-state index < -0.39 is 5.60 Å². The van der Waals surface area contributed by atoms with Crippen molar-refractivity contribution >= 4 is 34.5 Å². The normalized spacial score (nSPS) is 16.3. The van der Waals surface area contributed by atoms with Gasteiger partial charge in [0.1, 0.15) is 5.75 Å². The number of fused-ring (bicyclic) bond motifs is 1. The third kappa shape index (κ3) is 4.91. The quantitative estimate of drug-likeness (QED) is 0.399. The van der Waals surface area contributed by atoms with Crippen LogP contribution in [-0.2, 0) is 6.54 Å². The highest BCUT2D eigenvalue weighted by Crippen LogP contribution is 2.32. The molecule has 0 bridgehead atoms. The predicted octanol–water partition coefficient (Wildman–Crippen LogP) is 4.87. The molecule has 1 aliphatic rings. The molecule has 0 saturated heterocycles. The second kappa shape index (κ2) is 9.11. The van der Waals surface area contributed by atoms with E-state index in [1.54, 1.807) is 32.0 Å². The zero-order valence-electron chi connectivity index (χ0n) is 18.8. The van der Waals surface area contributed by atoms with E-state index >= 15 is 0 Å². The van der Waals surface area contributed by atoms with Crippen LogP contribution in [0.1, 0.15) is 64.5 Å². The third-order valence-electron chi connectivity index (χ3n) is 6.28.